The van der Waals surface area contributed by atoms with Gasteiger partial charge in [-0.1, -0.05) is 30.0 Å². The smallest absolute Gasteiger partial charge is 0.240 e. The lowest BCUT2D eigenvalue weighted by Gasteiger charge is -2.33. The molecule has 2 amide bonds. The van der Waals surface area contributed by atoms with E-state index in [0.29, 0.717) is 18.1 Å². The van der Waals surface area contributed by atoms with Crippen LogP contribution < -0.4 is 5.73 Å². The number of para-hydroxylation sites is 1. The van der Waals surface area contributed by atoms with E-state index in [1.54, 1.807) is 9.58 Å². The fraction of sp³-hybridized carbons (Fsp3) is 0.400. The number of tetrazole rings is 1. The van der Waals surface area contributed by atoms with E-state index < -0.39 is 11.9 Å². The van der Waals surface area contributed by atoms with Crippen molar-refractivity contribution in [3.05, 3.63) is 30.3 Å². The molecule has 0 bridgehead atoms. The zero-order chi connectivity index (χ0) is 16.9. The summed E-state index contributed by atoms with van der Waals surface area (Å²) in [5, 5.41) is 12.1. The van der Waals surface area contributed by atoms with Crippen molar-refractivity contribution in [3.8, 4) is 5.69 Å². The maximum absolute atomic E-state index is 12.5. The number of thioether (sulfide) groups is 1. The van der Waals surface area contributed by atoms with E-state index in [-0.39, 0.29) is 11.7 Å². The van der Waals surface area contributed by atoms with Gasteiger partial charge in [0, 0.05) is 6.54 Å². The Balaban J connectivity index is 1.67. The minimum Gasteiger partial charge on any atom is -0.368 e. The summed E-state index contributed by atoms with van der Waals surface area (Å²) in [4.78, 5) is 25.6. The van der Waals surface area contributed by atoms with Gasteiger partial charge >= 0.3 is 0 Å². The molecule has 0 spiro atoms. The fourth-order valence-corrected chi connectivity index (χ4v) is 3.51. The van der Waals surface area contributed by atoms with E-state index >= 15 is 0 Å². The average molecular weight is 346 g/mol. The van der Waals surface area contributed by atoms with E-state index in [0.717, 1.165) is 18.5 Å². The monoisotopic (exact) mass is 346 g/mol. The summed E-state index contributed by atoms with van der Waals surface area (Å²) in [6.45, 7) is 0.566. The summed E-state index contributed by atoms with van der Waals surface area (Å²) in [5.41, 5.74) is 6.23. The van der Waals surface area contributed by atoms with Crippen molar-refractivity contribution < 1.29 is 9.59 Å². The lowest BCUT2D eigenvalue weighted by atomic mass is 10.0. The molecular formula is C15H18N6O2S. The Labute approximate surface area is 143 Å². The number of benzene rings is 1. The van der Waals surface area contributed by atoms with Crippen LogP contribution in [0.15, 0.2) is 35.5 Å². The van der Waals surface area contributed by atoms with E-state index in [1.807, 2.05) is 30.3 Å². The molecule has 1 fully saturated rings. The molecule has 24 heavy (non-hydrogen) atoms. The van der Waals surface area contributed by atoms with Gasteiger partial charge in [0.15, 0.2) is 0 Å². The first-order chi connectivity index (χ1) is 11.7. The van der Waals surface area contributed by atoms with Gasteiger partial charge in [-0.15, -0.1) is 5.10 Å². The predicted octanol–water partition coefficient (Wildman–Crippen LogP) is 0.621. The lowest BCUT2D eigenvalue weighted by Crippen LogP contribution is -2.51. The minimum atomic E-state index is -0.503. The molecule has 9 heteroatoms. The van der Waals surface area contributed by atoms with Gasteiger partial charge in [-0.2, -0.15) is 4.68 Å². The van der Waals surface area contributed by atoms with Crippen molar-refractivity contribution in [1.82, 2.24) is 25.1 Å². The largest absolute Gasteiger partial charge is 0.368 e. The second kappa shape index (κ2) is 7.43. The Morgan fingerprint density at radius 2 is 2.04 bits per heavy atom. The van der Waals surface area contributed by atoms with Gasteiger partial charge in [0.1, 0.15) is 6.04 Å². The lowest BCUT2D eigenvalue weighted by molar-refractivity contribution is -0.138. The van der Waals surface area contributed by atoms with Crippen LogP contribution in [0.2, 0.25) is 0 Å². The Hall–Kier alpha value is -2.42. The Morgan fingerprint density at radius 3 is 2.79 bits per heavy atom. The zero-order valence-corrected chi connectivity index (χ0v) is 13.9. The Kier molecular flexibility index (Phi) is 5.09. The van der Waals surface area contributed by atoms with Crippen molar-refractivity contribution in [2.24, 2.45) is 5.73 Å². The quantitative estimate of drug-likeness (QED) is 0.795. The number of likely N-dealkylation sites (tertiary alicyclic amines) is 1. The van der Waals surface area contributed by atoms with Crippen molar-refractivity contribution >= 4 is 23.6 Å². The first-order valence-electron chi connectivity index (χ1n) is 7.72. The third-order valence-corrected chi connectivity index (χ3v) is 4.82. The van der Waals surface area contributed by atoms with Crippen molar-refractivity contribution in [1.29, 1.82) is 0 Å². The summed E-state index contributed by atoms with van der Waals surface area (Å²) >= 11 is 1.25. The van der Waals surface area contributed by atoms with Gasteiger partial charge in [0.2, 0.25) is 17.0 Å². The molecule has 0 saturated carbocycles. The summed E-state index contributed by atoms with van der Waals surface area (Å²) in [7, 11) is 0. The summed E-state index contributed by atoms with van der Waals surface area (Å²) < 4.78 is 1.58. The number of amides is 2. The van der Waals surface area contributed by atoms with Crippen LogP contribution in [0.25, 0.3) is 5.69 Å². The van der Waals surface area contributed by atoms with Crippen LogP contribution in [0.5, 0.6) is 0 Å². The van der Waals surface area contributed by atoms with Crippen molar-refractivity contribution in [2.75, 3.05) is 12.3 Å². The van der Waals surface area contributed by atoms with Crippen LogP contribution in [-0.4, -0.2) is 55.3 Å². The van der Waals surface area contributed by atoms with Gasteiger partial charge in [-0.25, -0.2) is 0 Å². The molecular weight excluding hydrogens is 328 g/mol. The maximum atomic E-state index is 12.5. The molecule has 126 valence electrons. The molecule has 8 nitrogen and oxygen atoms in total. The highest BCUT2D eigenvalue weighted by Gasteiger charge is 2.30. The molecule has 1 aromatic carbocycles. The normalized spacial score (nSPS) is 17.7. The molecule has 1 aliphatic rings. The number of nitrogens with zero attached hydrogens (tertiary/aromatic N) is 5. The van der Waals surface area contributed by atoms with E-state index in [2.05, 4.69) is 15.5 Å². The molecule has 0 aliphatic carbocycles. The zero-order valence-electron chi connectivity index (χ0n) is 13.0. The van der Waals surface area contributed by atoms with E-state index in [9.17, 15) is 9.59 Å². The van der Waals surface area contributed by atoms with E-state index in [1.165, 1.54) is 11.8 Å². The summed E-state index contributed by atoms with van der Waals surface area (Å²) in [6.07, 6.45) is 2.44. The number of primary amides is 1. The fourth-order valence-electron chi connectivity index (χ4n) is 2.74. The van der Waals surface area contributed by atoms with Crippen LogP contribution in [0, 0.1) is 0 Å². The molecule has 2 heterocycles. The molecule has 0 unspecified atom stereocenters. The second-order valence-corrected chi connectivity index (χ2v) is 6.44. The number of rotatable bonds is 5. The van der Waals surface area contributed by atoms with Crippen LogP contribution >= 0.6 is 11.8 Å². The molecule has 1 aliphatic heterocycles. The number of carbonyl (C=O) groups is 2. The van der Waals surface area contributed by atoms with Gasteiger partial charge in [-0.3, -0.25) is 9.59 Å². The molecule has 1 atom stereocenters. The SMILES string of the molecule is NC(=O)[C@H]1CCCCN1C(=O)CSc1nnnn1-c1ccccc1. The predicted molar refractivity (Wildman–Crippen MR) is 88.4 cm³/mol. The maximum Gasteiger partial charge on any atom is 0.240 e. The first kappa shape index (κ1) is 16.4. The second-order valence-electron chi connectivity index (χ2n) is 5.50. The van der Waals surface area contributed by atoms with Crippen molar-refractivity contribution in [2.45, 2.75) is 30.5 Å². The Morgan fingerprint density at radius 1 is 1.25 bits per heavy atom. The summed E-state index contributed by atoms with van der Waals surface area (Å²) in [5.74, 6) is -0.398. The van der Waals surface area contributed by atoms with Crippen LogP contribution in [0.4, 0.5) is 0 Å². The third-order valence-electron chi connectivity index (χ3n) is 3.92. The minimum absolute atomic E-state index is 0.119. The average Bonchev–Trinajstić information content (AvgIpc) is 3.09. The number of piperidine rings is 1. The highest BCUT2D eigenvalue weighted by atomic mass is 32.2. The first-order valence-corrected chi connectivity index (χ1v) is 8.71. The standard InChI is InChI=1S/C15H18N6O2S/c16-14(23)12-8-4-5-9-20(12)13(22)10-24-15-17-18-19-21(15)11-6-2-1-3-7-11/h1-3,6-7,12H,4-5,8-10H2,(H2,16,23)/t12-/m1/s1. The van der Waals surface area contributed by atoms with Crippen LogP contribution in [-0.2, 0) is 9.59 Å². The van der Waals surface area contributed by atoms with E-state index in [4.69, 9.17) is 5.73 Å². The number of hydrogen-bond donors (Lipinski definition) is 1. The number of hydrogen-bond acceptors (Lipinski definition) is 6. The molecule has 0 radical (unpaired) electrons. The highest BCUT2D eigenvalue weighted by Crippen LogP contribution is 2.21. The molecule has 2 N–H and O–H groups in total. The van der Waals surface area contributed by atoms with Crippen molar-refractivity contribution in [3.63, 3.8) is 0 Å². The van der Waals surface area contributed by atoms with Gasteiger partial charge < -0.3 is 10.6 Å². The highest BCUT2D eigenvalue weighted by molar-refractivity contribution is 7.99. The number of aromatic nitrogens is 4. The Bertz CT molecular complexity index is 720. The third kappa shape index (κ3) is 3.56. The van der Waals surface area contributed by atoms with Crippen LogP contribution in [0.1, 0.15) is 19.3 Å². The van der Waals surface area contributed by atoms with Gasteiger partial charge in [0.05, 0.1) is 11.4 Å². The van der Waals surface area contributed by atoms with Crippen LogP contribution in [0.3, 0.4) is 0 Å². The topological polar surface area (TPSA) is 107 Å². The van der Waals surface area contributed by atoms with Gasteiger partial charge in [0.25, 0.3) is 0 Å². The number of nitrogens with two attached hydrogens (primary N) is 1. The number of carbonyl (C=O) groups excluding carboxylic acids is 2. The molecule has 1 saturated heterocycles. The molecule has 2 aromatic rings. The summed E-state index contributed by atoms with van der Waals surface area (Å²) in [6, 6.07) is 8.96. The molecule has 3 rings (SSSR count). The van der Waals surface area contributed by atoms with Gasteiger partial charge in [-0.05, 0) is 41.8 Å². The molecule has 1 aromatic heterocycles.